The van der Waals surface area contributed by atoms with E-state index in [9.17, 15) is 14.0 Å². The maximum absolute atomic E-state index is 13.0. The van der Waals surface area contributed by atoms with Gasteiger partial charge in [-0.05, 0) is 30.7 Å². The van der Waals surface area contributed by atoms with Crippen molar-refractivity contribution in [1.82, 2.24) is 5.43 Å². The molecule has 0 fully saturated rings. The monoisotopic (exact) mass is 249 g/mol. The van der Waals surface area contributed by atoms with E-state index in [4.69, 9.17) is 0 Å². The number of aryl methyl sites for hydroxylation is 1. The Hall–Kier alpha value is -2.24. The van der Waals surface area contributed by atoms with Gasteiger partial charge in [-0.3, -0.25) is 9.59 Å². The molecule has 5 nitrogen and oxygen atoms in total. The van der Waals surface area contributed by atoms with Crippen LogP contribution in [0.25, 0.3) is 0 Å². The lowest BCUT2D eigenvalue weighted by atomic mass is 10.1. The lowest BCUT2D eigenvalue weighted by Gasteiger charge is -2.12. The number of nitrogens with zero attached hydrogens (tertiary/aromatic N) is 1. The first-order chi connectivity index (χ1) is 8.56. The smallest absolute Gasteiger partial charge is 0.271 e. The number of hydrogen-bond acceptors (Lipinski definition) is 3. The molecule has 0 spiro atoms. The molecule has 0 aromatic heterocycles. The van der Waals surface area contributed by atoms with Gasteiger partial charge in [-0.25, -0.2) is 9.82 Å². The van der Waals surface area contributed by atoms with Gasteiger partial charge < -0.3 is 5.32 Å². The summed E-state index contributed by atoms with van der Waals surface area (Å²) < 4.78 is 13.0. The van der Waals surface area contributed by atoms with Gasteiger partial charge in [-0.15, -0.1) is 0 Å². The Morgan fingerprint density at radius 2 is 2.22 bits per heavy atom. The highest BCUT2D eigenvalue weighted by Gasteiger charge is 2.18. The minimum Gasteiger partial charge on any atom is -0.321 e. The number of anilines is 1. The minimum absolute atomic E-state index is 0.204. The maximum atomic E-state index is 13.0. The minimum atomic E-state index is -0.388. The van der Waals surface area contributed by atoms with Crippen molar-refractivity contribution in [2.75, 3.05) is 5.32 Å². The fraction of sp³-hybridized carbons (Fsp3) is 0.250. The summed E-state index contributed by atoms with van der Waals surface area (Å²) in [4.78, 5) is 22.7. The lowest BCUT2D eigenvalue weighted by molar-refractivity contribution is -0.121. The van der Waals surface area contributed by atoms with Gasteiger partial charge in [0.2, 0.25) is 5.91 Å². The Bertz CT molecular complexity index is 540. The van der Waals surface area contributed by atoms with E-state index in [1.54, 1.807) is 6.92 Å². The predicted molar refractivity (Wildman–Crippen MR) is 64.6 cm³/mol. The normalized spacial score (nSPS) is 14.8. The summed E-state index contributed by atoms with van der Waals surface area (Å²) in [6.07, 6.45) is 0.548. The molecular weight excluding hydrogens is 237 g/mol. The van der Waals surface area contributed by atoms with Crippen molar-refractivity contribution in [3.8, 4) is 0 Å². The Morgan fingerprint density at radius 1 is 1.44 bits per heavy atom. The van der Waals surface area contributed by atoms with E-state index >= 15 is 0 Å². The summed E-state index contributed by atoms with van der Waals surface area (Å²) in [6, 6.07) is 4.30. The zero-order chi connectivity index (χ0) is 13.1. The predicted octanol–water partition coefficient (Wildman–Crippen LogP) is 1.34. The van der Waals surface area contributed by atoms with Crippen molar-refractivity contribution in [3.05, 3.63) is 29.6 Å². The summed E-state index contributed by atoms with van der Waals surface area (Å²) in [6.45, 7) is 1.61. The van der Waals surface area contributed by atoms with E-state index in [1.807, 2.05) is 0 Å². The molecule has 1 aromatic rings. The second kappa shape index (κ2) is 4.95. The number of amides is 2. The van der Waals surface area contributed by atoms with Gasteiger partial charge in [0, 0.05) is 18.5 Å². The molecule has 94 valence electrons. The lowest BCUT2D eigenvalue weighted by Crippen LogP contribution is -2.32. The third kappa shape index (κ3) is 2.71. The van der Waals surface area contributed by atoms with Gasteiger partial charge >= 0.3 is 0 Å². The highest BCUT2D eigenvalue weighted by Crippen LogP contribution is 2.14. The van der Waals surface area contributed by atoms with Crippen molar-refractivity contribution in [1.29, 1.82) is 0 Å². The molecule has 6 heteroatoms. The average Bonchev–Trinajstić information content (AvgIpc) is 2.34. The molecule has 2 rings (SSSR count). The standard InChI is InChI=1S/C12H12FN3O2/c1-7-6-8(2-3-9(7)13)14-12(18)10-4-5-11(17)16-15-10/h2-3,6H,4-5H2,1H3,(H,14,18)(H,16,17). The number of hydrazone groups is 1. The number of hydrogen-bond donors (Lipinski definition) is 2. The second-order valence-electron chi connectivity index (χ2n) is 4.01. The average molecular weight is 249 g/mol. The van der Waals surface area contributed by atoms with Crippen molar-refractivity contribution >= 4 is 23.2 Å². The highest BCUT2D eigenvalue weighted by molar-refractivity contribution is 6.43. The maximum Gasteiger partial charge on any atom is 0.271 e. The van der Waals surface area contributed by atoms with Gasteiger partial charge in [0.05, 0.1) is 0 Å². The topological polar surface area (TPSA) is 70.6 Å². The Kier molecular flexibility index (Phi) is 3.36. The number of nitrogens with one attached hydrogen (secondary N) is 2. The molecule has 1 aliphatic rings. The Morgan fingerprint density at radius 3 is 2.83 bits per heavy atom. The second-order valence-corrected chi connectivity index (χ2v) is 4.01. The van der Waals surface area contributed by atoms with Crippen LogP contribution in [0.3, 0.4) is 0 Å². The SMILES string of the molecule is Cc1cc(NC(=O)C2=NNC(=O)CC2)ccc1F. The van der Waals surface area contributed by atoms with Crippen LogP contribution in [0.5, 0.6) is 0 Å². The van der Waals surface area contributed by atoms with Crippen LogP contribution in [0.2, 0.25) is 0 Å². The van der Waals surface area contributed by atoms with Crippen LogP contribution >= 0.6 is 0 Å². The number of carbonyl (C=O) groups excluding carboxylic acids is 2. The molecule has 1 aromatic carbocycles. The van der Waals surface area contributed by atoms with Crippen molar-refractivity contribution in [2.45, 2.75) is 19.8 Å². The van der Waals surface area contributed by atoms with E-state index in [1.165, 1.54) is 18.2 Å². The molecular formula is C12H12FN3O2. The van der Waals surface area contributed by atoms with E-state index in [0.29, 0.717) is 17.7 Å². The molecule has 2 amide bonds. The fourth-order valence-corrected chi connectivity index (χ4v) is 1.56. The number of carbonyl (C=O) groups is 2. The molecule has 18 heavy (non-hydrogen) atoms. The summed E-state index contributed by atoms with van der Waals surface area (Å²) in [7, 11) is 0. The number of rotatable bonds is 2. The largest absolute Gasteiger partial charge is 0.321 e. The summed E-state index contributed by atoms with van der Waals surface area (Å²) in [5.41, 5.74) is 3.46. The molecule has 0 radical (unpaired) electrons. The molecule has 0 aliphatic carbocycles. The van der Waals surface area contributed by atoms with Crippen LogP contribution in [0.4, 0.5) is 10.1 Å². The summed E-state index contributed by atoms with van der Waals surface area (Å²) in [5, 5.41) is 6.28. The van der Waals surface area contributed by atoms with Gasteiger partial charge in [-0.1, -0.05) is 0 Å². The van der Waals surface area contributed by atoms with E-state index < -0.39 is 0 Å². The third-order valence-electron chi connectivity index (χ3n) is 2.58. The molecule has 0 saturated heterocycles. The quantitative estimate of drug-likeness (QED) is 0.830. The first-order valence-electron chi connectivity index (χ1n) is 5.49. The highest BCUT2D eigenvalue weighted by atomic mass is 19.1. The van der Waals surface area contributed by atoms with E-state index in [0.717, 1.165) is 0 Å². The van der Waals surface area contributed by atoms with E-state index in [2.05, 4.69) is 15.8 Å². The van der Waals surface area contributed by atoms with Gasteiger partial charge in [0.25, 0.3) is 5.91 Å². The van der Waals surface area contributed by atoms with E-state index in [-0.39, 0.29) is 29.8 Å². The van der Waals surface area contributed by atoms with Crippen molar-refractivity contribution in [2.24, 2.45) is 5.10 Å². The van der Waals surface area contributed by atoms with Gasteiger partial charge in [-0.2, -0.15) is 5.10 Å². The number of halogens is 1. The summed E-state index contributed by atoms with van der Waals surface area (Å²) >= 11 is 0. The van der Waals surface area contributed by atoms with Gasteiger partial charge in [0.15, 0.2) is 0 Å². The summed E-state index contributed by atoms with van der Waals surface area (Å²) in [5.74, 6) is -0.916. The first-order valence-corrected chi connectivity index (χ1v) is 5.49. The third-order valence-corrected chi connectivity index (χ3v) is 2.58. The zero-order valence-corrected chi connectivity index (χ0v) is 9.79. The van der Waals surface area contributed by atoms with Crippen LogP contribution in [0.1, 0.15) is 18.4 Å². The molecule has 1 aliphatic heterocycles. The molecule has 2 N–H and O–H groups in total. The van der Waals surface area contributed by atoms with Crippen LogP contribution < -0.4 is 10.7 Å². The van der Waals surface area contributed by atoms with Gasteiger partial charge in [0.1, 0.15) is 11.5 Å². The molecule has 0 atom stereocenters. The molecule has 1 heterocycles. The molecule has 0 bridgehead atoms. The fourth-order valence-electron chi connectivity index (χ4n) is 1.56. The van der Waals surface area contributed by atoms with Crippen molar-refractivity contribution in [3.63, 3.8) is 0 Å². The first kappa shape index (κ1) is 12.2. The molecule has 0 unspecified atom stereocenters. The Labute approximate surface area is 103 Å². The van der Waals surface area contributed by atoms with Crippen LogP contribution in [-0.4, -0.2) is 17.5 Å². The number of benzene rings is 1. The zero-order valence-electron chi connectivity index (χ0n) is 9.79. The van der Waals surface area contributed by atoms with Crippen molar-refractivity contribution < 1.29 is 14.0 Å². The Balaban J connectivity index is 2.07. The van der Waals surface area contributed by atoms with Crippen LogP contribution in [0, 0.1) is 12.7 Å². The van der Waals surface area contributed by atoms with Crippen LogP contribution in [0.15, 0.2) is 23.3 Å². The van der Waals surface area contributed by atoms with Crippen LogP contribution in [-0.2, 0) is 9.59 Å². The molecule has 0 saturated carbocycles.